The third-order valence-electron chi connectivity index (χ3n) is 1.73. The Morgan fingerprint density at radius 2 is 2.21 bits per heavy atom. The van der Waals surface area contributed by atoms with Gasteiger partial charge in [0.2, 0.25) is 0 Å². The zero-order chi connectivity index (χ0) is 10.4. The summed E-state index contributed by atoms with van der Waals surface area (Å²) < 4.78 is 10.2. The minimum Gasteiger partial charge on any atom is -0.497 e. The van der Waals surface area contributed by atoms with Crippen molar-refractivity contribution in [3.8, 4) is 5.75 Å². The van der Waals surface area contributed by atoms with Crippen LogP contribution in [0, 0.1) is 0 Å². The molecule has 0 heterocycles. The van der Waals surface area contributed by atoms with Gasteiger partial charge in [0, 0.05) is 6.16 Å². The molecule has 0 aromatic heterocycles. The maximum Gasteiger partial charge on any atom is 0.172 e. The Balaban J connectivity index is 2.57. The minimum atomic E-state index is -1.33. The van der Waals surface area contributed by atoms with E-state index in [9.17, 15) is 4.89 Å². The van der Waals surface area contributed by atoms with E-state index in [1.807, 2.05) is 31.2 Å². The fourth-order valence-corrected chi connectivity index (χ4v) is 2.02. The van der Waals surface area contributed by atoms with Gasteiger partial charge < -0.3 is 14.2 Å². The van der Waals surface area contributed by atoms with E-state index < -0.39 is 8.38 Å². The lowest BCUT2D eigenvalue weighted by Gasteiger charge is -2.09. The van der Waals surface area contributed by atoms with Crippen molar-refractivity contribution in [1.82, 2.24) is 0 Å². The van der Waals surface area contributed by atoms with Crippen molar-refractivity contribution in [2.45, 2.75) is 13.1 Å². The molecule has 14 heavy (non-hydrogen) atoms. The van der Waals surface area contributed by atoms with Gasteiger partial charge in [-0.1, -0.05) is 12.1 Å². The van der Waals surface area contributed by atoms with Crippen molar-refractivity contribution < 1.29 is 14.2 Å². The van der Waals surface area contributed by atoms with Crippen LogP contribution in [0.2, 0.25) is 0 Å². The molecule has 0 aliphatic carbocycles. The van der Waals surface area contributed by atoms with E-state index in [1.54, 1.807) is 7.11 Å². The third-order valence-corrected chi connectivity index (χ3v) is 2.92. The average Bonchev–Trinajstić information content (AvgIpc) is 2.18. The van der Waals surface area contributed by atoms with Crippen LogP contribution in [-0.4, -0.2) is 18.6 Å². The van der Waals surface area contributed by atoms with Crippen LogP contribution < -0.4 is 4.74 Å². The Kier molecular flexibility index (Phi) is 4.88. The summed E-state index contributed by atoms with van der Waals surface area (Å²) in [5, 5.41) is 0. The first-order valence-electron chi connectivity index (χ1n) is 4.48. The zero-order valence-electron chi connectivity index (χ0n) is 8.43. The van der Waals surface area contributed by atoms with Gasteiger partial charge in [0.25, 0.3) is 0 Å². The summed E-state index contributed by atoms with van der Waals surface area (Å²) in [6, 6.07) is 7.64. The fourth-order valence-electron chi connectivity index (χ4n) is 1.12. The zero-order valence-corrected chi connectivity index (χ0v) is 9.33. The van der Waals surface area contributed by atoms with Crippen LogP contribution in [0.25, 0.3) is 0 Å². The van der Waals surface area contributed by atoms with E-state index in [2.05, 4.69) is 0 Å². The van der Waals surface area contributed by atoms with Crippen LogP contribution in [0.15, 0.2) is 24.3 Å². The molecule has 0 radical (unpaired) electrons. The summed E-state index contributed by atoms with van der Waals surface area (Å²) in [7, 11) is 0.298. The minimum absolute atomic E-state index is 0.548. The first kappa shape index (κ1) is 11.4. The molecule has 1 N–H and O–H groups in total. The number of rotatable bonds is 5. The summed E-state index contributed by atoms with van der Waals surface area (Å²) in [6.45, 7) is 2.42. The van der Waals surface area contributed by atoms with Gasteiger partial charge in [-0.25, -0.2) is 0 Å². The summed E-state index contributed by atoms with van der Waals surface area (Å²) in [5.41, 5.74) is 1.03. The van der Waals surface area contributed by atoms with Crippen LogP contribution >= 0.6 is 8.38 Å². The van der Waals surface area contributed by atoms with E-state index >= 15 is 0 Å². The average molecular weight is 214 g/mol. The highest BCUT2D eigenvalue weighted by Crippen LogP contribution is 2.36. The molecular formula is C10H15O3P. The van der Waals surface area contributed by atoms with Crippen LogP contribution in [-0.2, 0) is 10.7 Å². The van der Waals surface area contributed by atoms with E-state index in [1.165, 1.54) is 0 Å². The van der Waals surface area contributed by atoms with Crippen LogP contribution in [0.4, 0.5) is 0 Å². The Morgan fingerprint density at radius 1 is 1.43 bits per heavy atom. The Labute approximate surface area is 85.6 Å². The van der Waals surface area contributed by atoms with Gasteiger partial charge in [0.1, 0.15) is 5.75 Å². The number of methoxy groups -OCH3 is 1. The standard InChI is InChI=1S/C10H15O3P/c1-3-13-14(11)8-9-5-4-6-10(7-9)12-2/h4-7,11H,3,8H2,1-2H3. The van der Waals surface area contributed by atoms with Crippen molar-refractivity contribution in [3.63, 3.8) is 0 Å². The Morgan fingerprint density at radius 3 is 2.86 bits per heavy atom. The third kappa shape index (κ3) is 3.62. The Hall–Kier alpha value is -0.630. The molecule has 1 atom stereocenters. The summed E-state index contributed by atoms with van der Waals surface area (Å²) in [5.74, 6) is 0.808. The molecule has 0 saturated carbocycles. The number of ether oxygens (including phenoxy) is 1. The molecule has 1 aromatic rings. The molecule has 78 valence electrons. The molecular weight excluding hydrogens is 199 g/mol. The summed E-state index contributed by atoms with van der Waals surface area (Å²) in [6.07, 6.45) is 0.556. The van der Waals surface area contributed by atoms with E-state index in [4.69, 9.17) is 9.26 Å². The van der Waals surface area contributed by atoms with Gasteiger partial charge in [-0.2, -0.15) is 0 Å². The largest absolute Gasteiger partial charge is 0.497 e. The topological polar surface area (TPSA) is 38.7 Å². The number of benzene rings is 1. The second kappa shape index (κ2) is 5.97. The molecule has 1 rings (SSSR count). The predicted octanol–water partition coefficient (Wildman–Crippen LogP) is 2.54. The lowest BCUT2D eigenvalue weighted by molar-refractivity contribution is 0.328. The molecule has 0 amide bonds. The molecule has 0 aliphatic heterocycles. The molecule has 0 spiro atoms. The van der Waals surface area contributed by atoms with Gasteiger partial charge >= 0.3 is 0 Å². The molecule has 0 aliphatic rings. The molecule has 0 fully saturated rings. The molecule has 1 aromatic carbocycles. The first-order valence-corrected chi connectivity index (χ1v) is 5.88. The highest BCUT2D eigenvalue weighted by Gasteiger charge is 2.05. The van der Waals surface area contributed by atoms with Crippen molar-refractivity contribution in [1.29, 1.82) is 0 Å². The van der Waals surface area contributed by atoms with Gasteiger partial charge in [0.15, 0.2) is 8.38 Å². The molecule has 4 heteroatoms. The van der Waals surface area contributed by atoms with Gasteiger partial charge in [-0.05, 0) is 24.6 Å². The highest BCUT2D eigenvalue weighted by molar-refractivity contribution is 7.45. The molecule has 0 saturated heterocycles. The maximum absolute atomic E-state index is 9.47. The number of hydrogen-bond donors (Lipinski definition) is 1. The van der Waals surface area contributed by atoms with E-state index in [-0.39, 0.29) is 0 Å². The van der Waals surface area contributed by atoms with Gasteiger partial charge in [-0.3, -0.25) is 0 Å². The van der Waals surface area contributed by atoms with E-state index in [0.717, 1.165) is 11.3 Å². The summed E-state index contributed by atoms with van der Waals surface area (Å²) in [4.78, 5) is 9.47. The predicted molar refractivity (Wildman–Crippen MR) is 57.5 cm³/mol. The SMILES string of the molecule is CCOP(O)Cc1cccc(OC)c1. The van der Waals surface area contributed by atoms with E-state index in [0.29, 0.717) is 12.8 Å². The van der Waals surface area contributed by atoms with Crippen LogP contribution in [0.1, 0.15) is 12.5 Å². The van der Waals surface area contributed by atoms with Gasteiger partial charge in [0.05, 0.1) is 13.7 Å². The second-order valence-electron chi connectivity index (χ2n) is 2.78. The van der Waals surface area contributed by atoms with Crippen LogP contribution in [0.3, 0.4) is 0 Å². The van der Waals surface area contributed by atoms with Crippen LogP contribution in [0.5, 0.6) is 5.75 Å². The monoisotopic (exact) mass is 214 g/mol. The first-order chi connectivity index (χ1) is 6.76. The highest BCUT2D eigenvalue weighted by atomic mass is 31.2. The smallest absolute Gasteiger partial charge is 0.172 e. The normalized spacial score (nSPS) is 12.5. The molecule has 3 nitrogen and oxygen atoms in total. The summed E-state index contributed by atoms with van der Waals surface area (Å²) >= 11 is 0. The fraction of sp³-hybridized carbons (Fsp3) is 0.400. The Bertz CT molecular complexity index is 278. The maximum atomic E-state index is 9.47. The lowest BCUT2D eigenvalue weighted by Crippen LogP contribution is -1.90. The molecule has 1 unspecified atom stereocenters. The lowest BCUT2D eigenvalue weighted by atomic mass is 10.2. The van der Waals surface area contributed by atoms with Crippen molar-refractivity contribution >= 4 is 8.38 Å². The van der Waals surface area contributed by atoms with Gasteiger partial charge in [-0.15, -0.1) is 0 Å². The second-order valence-corrected chi connectivity index (χ2v) is 4.06. The van der Waals surface area contributed by atoms with Crippen molar-refractivity contribution in [2.24, 2.45) is 0 Å². The van der Waals surface area contributed by atoms with Crippen molar-refractivity contribution in [3.05, 3.63) is 29.8 Å². The van der Waals surface area contributed by atoms with Crippen molar-refractivity contribution in [2.75, 3.05) is 13.7 Å². The quantitative estimate of drug-likeness (QED) is 0.765. The number of hydrogen-bond acceptors (Lipinski definition) is 3. The molecule has 0 bridgehead atoms.